The number of carbonyl (C=O) groups is 1. The van der Waals surface area contributed by atoms with Crippen LogP contribution in [0.5, 0.6) is 5.75 Å². The van der Waals surface area contributed by atoms with E-state index in [2.05, 4.69) is 17.4 Å². The average molecular weight is 558 g/mol. The van der Waals surface area contributed by atoms with Gasteiger partial charge in [0.1, 0.15) is 17.7 Å². The van der Waals surface area contributed by atoms with Crippen molar-refractivity contribution in [2.45, 2.75) is 89.0 Å². The normalized spacial score (nSPS) is 24.1. The summed E-state index contributed by atoms with van der Waals surface area (Å²) in [5, 5.41) is 3.49. The molecule has 0 saturated heterocycles. The van der Waals surface area contributed by atoms with Crippen LogP contribution in [-0.2, 0) is 4.79 Å². The molecule has 3 aliphatic carbocycles. The lowest BCUT2D eigenvalue weighted by molar-refractivity contribution is -0.127. The molecule has 6 rings (SSSR count). The Labute approximate surface area is 242 Å². The first kappa shape index (κ1) is 27.9. The Morgan fingerprint density at radius 1 is 1.10 bits per heavy atom. The third kappa shape index (κ3) is 6.17. The van der Waals surface area contributed by atoms with Crippen molar-refractivity contribution in [3.63, 3.8) is 0 Å². The maximum atomic E-state index is 13.6. The molecule has 0 bridgehead atoms. The van der Waals surface area contributed by atoms with Gasteiger partial charge < -0.3 is 20.2 Å². The molecule has 3 fully saturated rings. The SMILES string of the molecule is COc1ccc(C2CCC(C(NC(=O)C3CCCCC3)c3cc(-c4coc(C5CC5)n4)ccn3)CC2CN)nc1C. The summed E-state index contributed by atoms with van der Waals surface area (Å²) >= 11 is 0. The molecule has 218 valence electrons. The number of ether oxygens (including phenoxy) is 1. The molecule has 0 aliphatic heterocycles. The summed E-state index contributed by atoms with van der Waals surface area (Å²) in [6, 6.07) is 7.99. The number of oxazole rings is 1. The van der Waals surface area contributed by atoms with E-state index in [1.807, 2.05) is 25.3 Å². The number of nitrogens with one attached hydrogen (secondary N) is 1. The number of amides is 1. The fourth-order valence-corrected chi connectivity index (χ4v) is 7.03. The molecule has 3 aliphatic rings. The van der Waals surface area contributed by atoms with Crippen molar-refractivity contribution >= 4 is 5.91 Å². The molecular formula is C33H43N5O3. The van der Waals surface area contributed by atoms with Crippen LogP contribution in [0.1, 0.15) is 105 Å². The van der Waals surface area contributed by atoms with E-state index < -0.39 is 0 Å². The third-order valence-corrected chi connectivity index (χ3v) is 9.57. The van der Waals surface area contributed by atoms with Crippen molar-refractivity contribution in [2.75, 3.05) is 13.7 Å². The summed E-state index contributed by atoms with van der Waals surface area (Å²) in [6.07, 6.45) is 14.1. The number of methoxy groups -OCH3 is 1. The van der Waals surface area contributed by atoms with Gasteiger partial charge in [-0.1, -0.05) is 19.3 Å². The zero-order valence-corrected chi connectivity index (χ0v) is 24.4. The number of hydrogen-bond donors (Lipinski definition) is 2. The van der Waals surface area contributed by atoms with E-state index in [1.54, 1.807) is 13.4 Å². The van der Waals surface area contributed by atoms with Crippen molar-refractivity contribution in [2.24, 2.45) is 23.5 Å². The summed E-state index contributed by atoms with van der Waals surface area (Å²) in [5.74, 6) is 3.12. The second kappa shape index (κ2) is 12.3. The highest BCUT2D eigenvalue weighted by Gasteiger charge is 2.38. The topological polar surface area (TPSA) is 116 Å². The smallest absolute Gasteiger partial charge is 0.223 e. The second-order valence-electron chi connectivity index (χ2n) is 12.3. The van der Waals surface area contributed by atoms with Gasteiger partial charge in [-0.15, -0.1) is 0 Å². The Bertz CT molecular complexity index is 1350. The van der Waals surface area contributed by atoms with E-state index in [9.17, 15) is 4.79 Å². The van der Waals surface area contributed by atoms with E-state index in [0.29, 0.717) is 12.5 Å². The highest BCUT2D eigenvalue weighted by molar-refractivity contribution is 5.79. The molecule has 8 heteroatoms. The minimum Gasteiger partial charge on any atom is -0.495 e. The van der Waals surface area contributed by atoms with Crippen LogP contribution >= 0.6 is 0 Å². The van der Waals surface area contributed by atoms with Gasteiger partial charge in [-0.2, -0.15) is 0 Å². The predicted molar refractivity (Wildman–Crippen MR) is 157 cm³/mol. The van der Waals surface area contributed by atoms with Crippen LogP contribution in [0, 0.1) is 24.7 Å². The quantitative estimate of drug-likeness (QED) is 0.321. The summed E-state index contributed by atoms with van der Waals surface area (Å²) in [4.78, 5) is 28.1. The van der Waals surface area contributed by atoms with E-state index in [1.165, 1.54) is 6.42 Å². The summed E-state index contributed by atoms with van der Waals surface area (Å²) in [7, 11) is 1.68. The Morgan fingerprint density at radius 3 is 2.66 bits per heavy atom. The molecule has 0 spiro atoms. The highest BCUT2D eigenvalue weighted by atomic mass is 16.5. The molecule has 0 radical (unpaired) electrons. The molecule has 0 aromatic carbocycles. The zero-order chi connectivity index (χ0) is 28.3. The van der Waals surface area contributed by atoms with Gasteiger partial charge in [-0.3, -0.25) is 14.8 Å². The second-order valence-corrected chi connectivity index (χ2v) is 12.3. The van der Waals surface area contributed by atoms with Gasteiger partial charge in [-0.25, -0.2) is 4.98 Å². The maximum absolute atomic E-state index is 13.6. The molecule has 4 unspecified atom stereocenters. The van der Waals surface area contributed by atoms with Crippen LogP contribution in [0.4, 0.5) is 0 Å². The van der Waals surface area contributed by atoms with Crippen LogP contribution in [0.25, 0.3) is 11.3 Å². The number of aromatic nitrogens is 3. The largest absolute Gasteiger partial charge is 0.495 e. The van der Waals surface area contributed by atoms with E-state index in [-0.39, 0.29) is 35.6 Å². The number of nitrogens with two attached hydrogens (primary N) is 1. The minimum atomic E-state index is -0.181. The van der Waals surface area contributed by atoms with Gasteiger partial charge in [0.15, 0.2) is 5.89 Å². The zero-order valence-electron chi connectivity index (χ0n) is 24.4. The highest BCUT2D eigenvalue weighted by Crippen LogP contribution is 2.45. The van der Waals surface area contributed by atoms with Crippen LogP contribution in [-0.4, -0.2) is 34.5 Å². The lowest BCUT2D eigenvalue weighted by Gasteiger charge is -2.39. The fraction of sp³-hybridized carbons (Fsp3) is 0.576. The predicted octanol–water partition coefficient (Wildman–Crippen LogP) is 6.22. The van der Waals surface area contributed by atoms with Gasteiger partial charge in [0.2, 0.25) is 5.91 Å². The first-order valence-corrected chi connectivity index (χ1v) is 15.5. The molecule has 3 heterocycles. The molecule has 8 nitrogen and oxygen atoms in total. The Balaban J connectivity index is 1.26. The van der Waals surface area contributed by atoms with E-state index >= 15 is 0 Å². The standard InChI is InChI=1S/C33H43N5O3/c1-20-30(40-2)13-12-27(36-20)26-11-10-24(16-25(26)18-34)31(38-32(39)21-6-4-3-5-7-21)28-17-23(14-15-35-28)29-19-41-33(37-29)22-8-9-22/h12-15,17,19,21-22,24-26,31H,3-11,16,18,34H2,1-2H3,(H,38,39). The summed E-state index contributed by atoms with van der Waals surface area (Å²) < 4.78 is 11.2. The Kier molecular flexibility index (Phi) is 8.37. The number of pyridine rings is 2. The molecule has 4 atom stereocenters. The number of carbonyl (C=O) groups excluding carboxylic acids is 1. The number of aryl methyl sites for hydroxylation is 1. The van der Waals surface area contributed by atoms with Gasteiger partial charge in [0.05, 0.1) is 24.5 Å². The lowest BCUT2D eigenvalue weighted by atomic mass is 9.69. The van der Waals surface area contributed by atoms with E-state index in [0.717, 1.165) is 97.8 Å². The summed E-state index contributed by atoms with van der Waals surface area (Å²) in [6.45, 7) is 2.57. The molecule has 3 N–H and O–H groups in total. The summed E-state index contributed by atoms with van der Waals surface area (Å²) in [5.41, 5.74) is 11.1. The molecule has 3 saturated carbocycles. The Hall–Kier alpha value is -3.26. The van der Waals surface area contributed by atoms with Crippen LogP contribution in [0.3, 0.4) is 0 Å². The maximum Gasteiger partial charge on any atom is 0.223 e. The monoisotopic (exact) mass is 557 g/mol. The third-order valence-electron chi connectivity index (χ3n) is 9.57. The molecule has 1 amide bonds. The van der Waals surface area contributed by atoms with Crippen molar-refractivity contribution in [3.8, 4) is 17.0 Å². The number of hydrogen-bond acceptors (Lipinski definition) is 7. The Morgan fingerprint density at radius 2 is 1.93 bits per heavy atom. The number of rotatable bonds is 9. The van der Waals surface area contributed by atoms with Crippen molar-refractivity contribution < 1.29 is 13.9 Å². The first-order chi connectivity index (χ1) is 20.0. The van der Waals surface area contributed by atoms with Gasteiger partial charge in [-0.05, 0) is 94.5 Å². The minimum absolute atomic E-state index is 0.0826. The van der Waals surface area contributed by atoms with Gasteiger partial charge in [0.25, 0.3) is 0 Å². The van der Waals surface area contributed by atoms with Crippen molar-refractivity contribution in [1.82, 2.24) is 20.3 Å². The molecule has 3 aromatic heterocycles. The number of nitrogens with zero attached hydrogens (tertiary/aromatic N) is 3. The lowest BCUT2D eigenvalue weighted by Crippen LogP contribution is -2.41. The average Bonchev–Trinajstić information content (AvgIpc) is 3.75. The first-order valence-electron chi connectivity index (χ1n) is 15.5. The van der Waals surface area contributed by atoms with Crippen LogP contribution in [0.2, 0.25) is 0 Å². The molecule has 41 heavy (non-hydrogen) atoms. The van der Waals surface area contributed by atoms with Crippen molar-refractivity contribution in [3.05, 3.63) is 59.7 Å². The fourth-order valence-electron chi connectivity index (χ4n) is 7.03. The van der Waals surface area contributed by atoms with Crippen LogP contribution < -0.4 is 15.8 Å². The van der Waals surface area contributed by atoms with Gasteiger partial charge in [0, 0.05) is 35.2 Å². The van der Waals surface area contributed by atoms with Crippen molar-refractivity contribution in [1.29, 1.82) is 0 Å². The van der Waals surface area contributed by atoms with E-state index in [4.69, 9.17) is 29.8 Å². The molecular weight excluding hydrogens is 514 g/mol. The van der Waals surface area contributed by atoms with Crippen LogP contribution in [0.15, 0.2) is 41.1 Å². The van der Waals surface area contributed by atoms with Gasteiger partial charge >= 0.3 is 0 Å². The molecule has 3 aromatic rings.